The fourth-order valence-electron chi connectivity index (χ4n) is 3.36. The second-order valence-corrected chi connectivity index (χ2v) is 6.44. The number of carbonyl (C=O) groups excluding carboxylic acids is 2. The molecule has 138 valence electrons. The van der Waals surface area contributed by atoms with Gasteiger partial charge in [0.05, 0.1) is 13.3 Å². The molecule has 7 heteroatoms. The van der Waals surface area contributed by atoms with E-state index in [4.69, 9.17) is 9.47 Å². The molecule has 1 saturated heterocycles. The average molecular weight is 357 g/mol. The smallest absolute Gasteiger partial charge is 0.346 e. The zero-order chi connectivity index (χ0) is 18.6. The molecule has 7 nitrogen and oxygen atoms in total. The first kappa shape index (κ1) is 18.0. The van der Waals surface area contributed by atoms with Crippen molar-refractivity contribution in [3.63, 3.8) is 0 Å². The van der Waals surface area contributed by atoms with E-state index in [1.54, 1.807) is 31.4 Å². The molecule has 3 amide bonds. The molecule has 0 radical (unpaired) electrons. The molecule has 0 bridgehead atoms. The Bertz CT molecular complexity index is 738. The van der Waals surface area contributed by atoms with E-state index >= 15 is 0 Å². The van der Waals surface area contributed by atoms with Gasteiger partial charge in [0.1, 0.15) is 12.1 Å². The van der Waals surface area contributed by atoms with Gasteiger partial charge in [-0.25, -0.2) is 4.79 Å². The fraction of sp³-hybridized carbons (Fsp3) is 0.421. The number of benzene rings is 1. The highest BCUT2D eigenvalue weighted by Gasteiger charge is 2.51. The molecular weight excluding hydrogens is 334 g/mol. The van der Waals surface area contributed by atoms with Crippen LogP contribution in [0.2, 0.25) is 0 Å². The topological polar surface area (TPSA) is 80.2 Å². The molecule has 2 fully saturated rings. The molecule has 0 aromatic heterocycles. The van der Waals surface area contributed by atoms with Gasteiger partial charge in [-0.05, 0) is 36.6 Å². The summed E-state index contributed by atoms with van der Waals surface area (Å²) in [4.78, 5) is 24.9. The Morgan fingerprint density at radius 1 is 1.27 bits per heavy atom. The molecule has 1 aromatic rings. The first-order chi connectivity index (χ1) is 12.6. The van der Waals surface area contributed by atoms with E-state index in [1.807, 2.05) is 0 Å². The summed E-state index contributed by atoms with van der Waals surface area (Å²) in [7, 11) is 1.54. The normalized spacial score (nSPS) is 19.0. The lowest BCUT2D eigenvalue weighted by atomic mass is 9.82. The third kappa shape index (κ3) is 3.42. The van der Waals surface area contributed by atoms with Gasteiger partial charge in [0.2, 0.25) is 0 Å². The Morgan fingerprint density at radius 2 is 2.04 bits per heavy atom. The Hall–Kier alpha value is -2.83. The number of amides is 3. The largest absolute Gasteiger partial charge is 0.493 e. The third-order valence-corrected chi connectivity index (χ3v) is 4.71. The van der Waals surface area contributed by atoms with Gasteiger partial charge in [-0.15, -0.1) is 5.01 Å². The summed E-state index contributed by atoms with van der Waals surface area (Å²) in [5, 5.41) is 7.87. The Kier molecular flexibility index (Phi) is 5.25. The summed E-state index contributed by atoms with van der Waals surface area (Å²) < 4.78 is 10.8. The van der Waals surface area contributed by atoms with Gasteiger partial charge in [0.25, 0.3) is 5.91 Å². The van der Waals surface area contributed by atoms with Gasteiger partial charge in [0, 0.05) is 0 Å². The number of imide groups is 1. The van der Waals surface area contributed by atoms with Crippen LogP contribution in [0.1, 0.15) is 37.7 Å². The molecule has 0 unspecified atom stereocenters. The maximum Gasteiger partial charge on any atom is 0.346 e. The zero-order valence-corrected chi connectivity index (χ0v) is 14.9. The lowest BCUT2D eigenvalue weighted by molar-refractivity contribution is -0.132. The maximum absolute atomic E-state index is 12.7. The number of carbonyl (C=O) groups is 2. The highest BCUT2D eigenvalue weighted by molar-refractivity contribution is 6.07. The Morgan fingerprint density at radius 3 is 2.73 bits per heavy atom. The molecule has 1 aliphatic heterocycles. The van der Waals surface area contributed by atoms with Crippen LogP contribution in [0.25, 0.3) is 0 Å². The van der Waals surface area contributed by atoms with Crippen molar-refractivity contribution in [1.29, 1.82) is 0 Å². The number of hydrogen-bond donors (Lipinski definition) is 1. The van der Waals surface area contributed by atoms with Crippen molar-refractivity contribution in [2.45, 2.75) is 37.6 Å². The van der Waals surface area contributed by atoms with Crippen molar-refractivity contribution in [3.8, 4) is 11.5 Å². The molecule has 1 aromatic carbocycles. The van der Waals surface area contributed by atoms with Crippen molar-refractivity contribution >= 4 is 18.2 Å². The summed E-state index contributed by atoms with van der Waals surface area (Å²) in [6, 6.07) is 4.79. The van der Waals surface area contributed by atoms with Gasteiger partial charge < -0.3 is 14.8 Å². The number of methoxy groups -OCH3 is 1. The lowest BCUT2D eigenvalue weighted by Crippen LogP contribution is -2.48. The standard InChI is InChI=1S/C19H23N3O4/c1-3-11-26-15-8-7-14(12-16(15)25-2)13-20-22-17(23)19(21-18(22)24)9-5-4-6-10-19/h3,7-8,12-13H,1,4-6,9-11H2,2H3,(H,21,24)/b20-13-. The molecule has 1 N–H and O–H groups in total. The first-order valence-corrected chi connectivity index (χ1v) is 8.72. The zero-order valence-electron chi connectivity index (χ0n) is 14.9. The van der Waals surface area contributed by atoms with Crippen LogP contribution in [-0.4, -0.2) is 42.4 Å². The molecule has 26 heavy (non-hydrogen) atoms. The maximum atomic E-state index is 12.7. The van der Waals surface area contributed by atoms with E-state index in [9.17, 15) is 9.59 Å². The van der Waals surface area contributed by atoms with E-state index in [0.717, 1.165) is 24.3 Å². The minimum absolute atomic E-state index is 0.267. The van der Waals surface area contributed by atoms with Gasteiger partial charge in [-0.3, -0.25) is 4.79 Å². The monoisotopic (exact) mass is 357 g/mol. The van der Waals surface area contributed by atoms with Crippen LogP contribution in [0, 0.1) is 0 Å². The van der Waals surface area contributed by atoms with Gasteiger partial charge in [-0.2, -0.15) is 5.10 Å². The second-order valence-electron chi connectivity index (χ2n) is 6.44. The van der Waals surface area contributed by atoms with Crippen LogP contribution in [0.5, 0.6) is 11.5 Å². The molecule has 1 aliphatic carbocycles. The minimum atomic E-state index is -0.771. The van der Waals surface area contributed by atoms with Crippen LogP contribution >= 0.6 is 0 Å². The number of hydrazone groups is 1. The van der Waals surface area contributed by atoms with Crippen molar-refractivity contribution in [2.24, 2.45) is 5.10 Å². The number of rotatable bonds is 6. The van der Waals surface area contributed by atoms with Gasteiger partial charge in [0.15, 0.2) is 11.5 Å². The van der Waals surface area contributed by atoms with Crippen LogP contribution in [0.4, 0.5) is 4.79 Å². The van der Waals surface area contributed by atoms with Crippen molar-refractivity contribution < 1.29 is 19.1 Å². The SMILES string of the molecule is C=CCOc1ccc(/C=N\N2C(=O)NC3(CCCCC3)C2=O)cc1OC. The Balaban J connectivity index is 1.76. The van der Waals surface area contributed by atoms with Crippen molar-refractivity contribution in [2.75, 3.05) is 13.7 Å². The van der Waals surface area contributed by atoms with Crippen LogP contribution in [0.15, 0.2) is 36.0 Å². The van der Waals surface area contributed by atoms with Gasteiger partial charge in [-0.1, -0.05) is 31.9 Å². The number of hydrogen-bond acceptors (Lipinski definition) is 5. The van der Waals surface area contributed by atoms with Crippen molar-refractivity contribution in [1.82, 2.24) is 10.3 Å². The minimum Gasteiger partial charge on any atom is -0.493 e. The van der Waals surface area contributed by atoms with E-state index in [0.29, 0.717) is 36.5 Å². The lowest BCUT2D eigenvalue weighted by Gasteiger charge is -2.29. The second kappa shape index (κ2) is 7.59. The highest BCUT2D eigenvalue weighted by Crippen LogP contribution is 2.34. The Labute approximate surface area is 152 Å². The molecule has 0 atom stereocenters. The highest BCUT2D eigenvalue weighted by atomic mass is 16.5. The molecule has 3 rings (SSSR count). The quantitative estimate of drug-likeness (QED) is 0.482. The van der Waals surface area contributed by atoms with E-state index in [2.05, 4.69) is 17.0 Å². The summed E-state index contributed by atoms with van der Waals surface area (Å²) >= 11 is 0. The third-order valence-electron chi connectivity index (χ3n) is 4.71. The average Bonchev–Trinajstić information content (AvgIpc) is 2.88. The number of urea groups is 1. The number of nitrogens with zero attached hydrogens (tertiary/aromatic N) is 2. The molecule has 1 spiro atoms. The van der Waals surface area contributed by atoms with Crippen LogP contribution in [0.3, 0.4) is 0 Å². The molecule has 1 heterocycles. The van der Waals surface area contributed by atoms with Gasteiger partial charge >= 0.3 is 6.03 Å². The van der Waals surface area contributed by atoms with E-state index in [1.165, 1.54) is 6.21 Å². The molecular formula is C19H23N3O4. The summed E-state index contributed by atoms with van der Waals surface area (Å²) in [5.74, 6) is 0.855. The number of ether oxygens (including phenoxy) is 2. The summed E-state index contributed by atoms with van der Waals surface area (Å²) in [6.45, 7) is 3.98. The van der Waals surface area contributed by atoms with Crippen molar-refractivity contribution in [3.05, 3.63) is 36.4 Å². The van der Waals surface area contributed by atoms with E-state index < -0.39 is 11.6 Å². The molecule has 1 saturated carbocycles. The summed E-state index contributed by atoms with van der Waals surface area (Å²) in [6.07, 6.45) is 7.43. The molecule has 2 aliphatic rings. The van der Waals surface area contributed by atoms with Crippen LogP contribution < -0.4 is 14.8 Å². The first-order valence-electron chi connectivity index (χ1n) is 8.72. The van der Waals surface area contributed by atoms with Crippen LogP contribution in [-0.2, 0) is 4.79 Å². The fourth-order valence-corrected chi connectivity index (χ4v) is 3.36. The summed E-state index contributed by atoms with van der Waals surface area (Å²) in [5.41, 5.74) is -0.0785. The van der Waals surface area contributed by atoms with E-state index in [-0.39, 0.29) is 5.91 Å². The predicted molar refractivity (Wildman–Crippen MR) is 97.5 cm³/mol. The predicted octanol–water partition coefficient (Wildman–Crippen LogP) is 2.85. The number of nitrogens with one attached hydrogen (secondary N) is 1.